The van der Waals surface area contributed by atoms with Gasteiger partial charge in [0, 0.05) is 21.8 Å². The van der Waals surface area contributed by atoms with E-state index < -0.39 is 17.9 Å². The summed E-state index contributed by atoms with van der Waals surface area (Å²) in [4.78, 5) is 40.7. The summed E-state index contributed by atoms with van der Waals surface area (Å²) < 4.78 is 19.8. The summed E-state index contributed by atoms with van der Waals surface area (Å²) in [5, 5.41) is 3.72. The number of carbonyl (C=O) groups excluding carboxylic acids is 3. The molecule has 2 fully saturated rings. The smallest absolute Gasteiger partial charge is 0.340 e. The Bertz CT molecular complexity index is 1490. The monoisotopic (exact) mass is 546 g/mol. The highest BCUT2D eigenvalue weighted by Gasteiger charge is 2.39. The molecule has 0 aliphatic heterocycles. The molecule has 0 saturated heterocycles. The van der Waals surface area contributed by atoms with E-state index in [1.807, 2.05) is 0 Å². The molecule has 2 saturated carbocycles. The van der Waals surface area contributed by atoms with Gasteiger partial charge in [0.25, 0.3) is 0 Å². The first-order valence-electron chi connectivity index (χ1n) is 13.3. The van der Waals surface area contributed by atoms with Gasteiger partial charge in [-0.1, -0.05) is 35.9 Å². The van der Waals surface area contributed by atoms with Gasteiger partial charge in [0.2, 0.25) is 0 Å². The molecule has 0 spiro atoms. The number of carbonyl (C=O) groups is 3. The number of esters is 1. The fraction of sp³-hybridized carbons (Fsp3) is 0.323. The lowest BCUT2D eigenvalue weighted by molar-refractivity contribution is -0.00815. The van der Waals surface area contributed by atoms with Gasteiger partial charge in [-0.2, -0.15) is 0 Å². The number of benzene rings is 3. The third-order valence-electron chi connectivity index (χ3n) is 8.36. The van der Waals surface area contributed by atoms with Crippen molar-refractivity contribution in [3.05, 3.63) is 87.4 Å². The van der Waals surface area contributed by atoms with Crippen LogP contribution in [0.25, 0.3) is 0 Å². The summed E-state index contributed by atoms with van der Waals surface area (Å²) in [6.45, 7) is 0. The highest BCUT2D eigenvalue weighted by molar-refractivity contribution is 6.33. The average Bonchev–Trinajstić information content (AvgIpc) is 2.93. The Balaban J connectivity index is 1.36. The van der Waals surface area contributed by atoms with Crippen molar-refractivity contribution >= 4 is 46.2 Å². The minimum atomic E-state index is -0.738. The van der Waals surface area contributed by atoms with Gasteiger partial charge in [0.1, 0.15) is 12.3 Å². The second kappa shape index (κ2) is 10.1. The molecular weight excluding hydrogens is 519 g/mol. The first-order valence-corrected chi connectivity index (χ1v) is 13.7. The van der Waals surface area contributed by atoms with Crippen molar-refractivity contribution in [3.63, 3.8) is 0 Å². The highest BCUT2D eigenvalue weighted by atomic mass is 35.5. The molecule has 3 aliphatic carbocycles. The Kier molecular flexibility index (Phi) is 6.63. The van der Waals surface area contributed by atoms with Crippen LogP contribution in [0.15, 0.2) is 54.6 Å². The molecule has 3 aliphatic rings. The fourth-order valence-electron chi connectivity index (χ4n) is 6.39. The largest absolute Gasteiger partial charge is 0.459 e. The van der Waals surface area contributed by atoms with Crippen LogP contribution in [0.4, 0.5) is 21.5 Å². The average molecular weight is 547 g/mol. The van der Waals surface area contributed by atoms with Gasteiger partial charge in [0.05, 0.1) is 28.1 Å². The van der Waals surface area contributed by atoms with Gasteiger partial charge in [-0.05, 0) is 80.7 Å². The maximum absolute atomic E-state index is 13.9. The van der Waals surface area contributed by atoms with Gasteiger partial charge in [-0.25, -0.2) is 9.18 Å². The van der Waals surface area contributed by atoms with Crippen molar-refractivity contribution in [2.75, 3.05) is 11.1 Å². The summed E-state index contributed by atoms with van der Waals surface area (Å²) in [5.74, 6) is -0.755. The summed E-state index contributed by atoms with van der Waals surface area (Å²) >= 11 is 6.04. The van der Waals surface area contributed by atoms with Gasteiger partial charge >= 0.3 is 5.97 Å². The molecular formula is C31H28ClFN2O4. The second-order valence-corrected chi connectivity index (χ2v) is 11.2. The first-order chi connectivity index (χ1) is 18.8. The van der Waals surface area contributed by atoms with Gasteiger partial charge in [-0.3, -0.25) is 9.59 Å². The number of hydrogen-bond donors (Lipinski definition) is 2. The van der Waals surface area contributed by atoms with Gasteiger partial charge in [0.15, 0.2) is 11.6 Å². The fourth-order valence-corrected chi connectivity index (χ4v) is 6.51. The van der Waals surface area contributed by atoms with Crippen LogP contribution in [0.2, 0.25) is 5.02 Å². The van der Waals surface area contributed by atoms with Crippen LogP contribution in [0.3, 0.4) is 0 Å². The predicted molar refractivity (Wildman–Crippen MR) is 148 cm³/mol. The molecule has 0 amide bonds. The molecule has 3 aromatic rings. The number of nitrogens with two attached hydrogens (primary N) is 1. The molecule has 4 atom stereocenters. The minimum Gasteiger partial charge on any atom is -0.459 e. The van der Waals surface area contributed by atoms with E-state index in [9.17, 15) is 18.8 Å². The van der Waals surface area contributed by atoms with Crippen LogP contribution >= 0.6 is 11.6 Å². The van der Waals surface area contributed by atoms with Crippen molar-refractivity contribution in [1.82, 2.24) is 0 Å². The molecule has 200 valence electrons. The van der Waals surface area contributed by atoms with Gasteiger partial charge < -0.3 is 15.8 Å². The zero-order chi connectivity index (χ0) is 27.3. The molecule has 6 nitrogen and oxygen atoms in total. The van der Waals surface area contributed by atoms with Crippen molar-refractivity contribution in [2.24, 2.45) is 11.8 Å². The maximum atomic E-state index is 13.9. The zero-order valence-corrected chi connectivity index (χ0v) is 22.0. The molecule has 39 heavy (non-hydrogen) atoms. The predicted octanol–water partition coefficient (Wildman–Crippen LogP) is 6.90. The van der Waals surface area contributed by atoms with Gasteiger partial charge in [-0.15, -0.1) is 0 Å². The Morgan fingerprint density at radius 1 is 0.897 bits per heavy atom. The minimum absolute atomic E-state index is 0.00501. The molecule has 3 aromatic carbocycles. The number of alkyl halides is 1. The second-order valence-electron chi connectivity index (χ2n) is 10.7. The van der Waals surface area contributed by atoms with E-state index in [1.54, 1.807) is 48.5 Å². The van der Waals surface area contributed by atoms with Crippen LogP contribution in [0, 0.1) is 11.8 Å². The van der Waals surface area contributed by atoms with E-state index in [0.717, 1.165) is 12.8 Å². The Morgan fingerprint density at radius 3 is 2.26 bits per heavy atom. The Morgan fingerprint density at radius 2 is 1.54 bits per heavy atom. The maximum Gasteiger partial charge on any atom is 0.340 e. The molecule has 0 bridgehead atoms. The summed E-state index contributed by atoms with van der Waals surface area (Å²) in [5.41, 5.74) is 7.95. The molecule has 0 radical (unpaired) electrons. The van der Waals surface area contributed by atoms with Crippen molar-refractivity contribution in [3.8, 4) is 0 Å². The third-order valence-corrected chi connectivity index (χ3v) is 8.61. The molecule has 3 N–H and O–H groups in total. The summed E-state index contributed by atoms with van der Waals surface area (Å²) in [6.07, 6.45) is 3.05. The third kappa shape index (κ3) is 4.69. The quantitative estimate of drug-likeness (QED) is 0.213. The Labute approximate surface area is 230 Å². The lowest BCUT2D eigenvalue weighted by Crippen LogP contribution is -2.35. The summed E-state index contributed by atoms with van der Waals surface area (Å²) in [7, 11) is 0. The number of ketones is 2. The number of nitrogen functional groups attached to an aromatic ring is 1. The van der Waals surface area contributed by atoms with Crippen molar-refractivity contribution in [2.45, 2.75) is 50.8 Å². The molecule has 6 rings (SSSR count). The first kappa shape index (κ1) is 25.6. The lowest BCUT2D eigenvalue weighted by atomic mass is 9.69. The van der Waals surface area contributed by atoms with E-state index in [1.165, 1.54) is 6.07 Å². The van der Waals surface area contributed by atoms with Crippen LogP contribution in [-0.2, 0) is 4.74 Å². The van der Waals surface area contributed by atoms with E-state index in [4.69, 9.17) is 22.1 Å². The van der Waals surface area contributed by atoms with Crippen LogP contribution in [0.5, 0.6) is 0 Å². The number of fused-ring (bicyclic) bond motifs is 3. The van der Waals surface area contributed by atoms with Crippen LogP contribution in [-0.4, -0.2) is 29.8 Å². The number of hydrogen-bond acceptors (Lipinski definition) is 6. The number of anilines is 3. The molecule has 8 heteroatoms. The molecule has 0 heterocycles. The van der Waals surface area contributed by atoms with E-state index in [-0.39, 0.29) is 51.1 Å². The SMILES string of the molecule is Nc1c(C(=O)O[C@@H]2CC[C@@H]3CC(F)CCC3C2)cc(Nc2ccc(Cl)cc2)c2c1C(=O)c1ccccc1C2=O. The van der Waals surface area contributed by atoms with E-state index >= 15 is 0 Å². The van der Waals surface area contributed by atoms with Crippen LogP contribution < -0.4 is 11.1 Å². The number of halogens is 2. The summed E-state index contributed by atoms with van der Waals surface area (Å²) in [6, 6.07) is 14.9. The zero-order valence-electron chi connectivity index (χ0n) is 21.2. The number of rotatable bonds is 4. The normalized spacial score (nSPS) is 23.8. The molecule has 0 aromatic heterocycles. The lowest BCUT2D eigenvalue weighted by Gasteiger charge is -2.40. The Hall–Kier alpha value is -3.71. The van der Waals surface area contributed by atoms with E-state index in [0.29, 0.717) is 48.2 Å². The standard InChI is InChI=1S/C31H28ClFN2O4/c32-18-7-10-20(11-8-18)35-25-15-24(31(38)39-21-12-6-16-13-19(33)9-5-17(16)14-21)28(34)27-26(25)29(36)22-3-1-2-4-23(22)30(27)37/h1-4,7-8,10-11,15-17,19,21,35H,5-6,9,12-14,34H2/t16-,17?,19?,21-/m1/s1. The van der Waals surface area contributed by atoms with Crippen LogP contribution in [0.1, 0.15) is 80.7 Å². The van der Waals surface area contributed by atoms with Crippen molar-refractivity contribution in [1.29, 1.82) is 0 Å². The van der Waals surface area contributed by atoms with E-state index in [2.05, 4.69) is 5.32 Å². The topological polar surface area (TPSA) is 98.5 Å². The number of nitrogens with one attached hydrogen (secondary N) is 1. The molecule has 2 unspecified atom stereocenters. The number of ether oxygens (including phenoxy) is 1. The van der Waals surface area contributed by atoms with Crippen molar-refractivity contribution < 1.29 is 23.5 Å². The highest BCUT2D eigenvalue weighted by Crippen LogP contribution is 2.43.